The van der Waals surface area contributed by atoms with Crippen LogP contribution in [0.2, 0.25) is 0 Å². The van der Waals surface area contributed by atoms with Gasteiger partial charge in [-0.25, -0.2) is 0 Å². The lowest BCUT2D eigenvalue weighted by molar-refractivity contribution is -0.00239. The maximum Gasteiger partial charge on any atom is 0.106 e. The first-order valence-electron chi connectivity index (χ1n) is 4.62. The summed E-state index contributed by atoms with van der Waals surface area (Å²) in [5.74, 6) is 0. The van der Waals surface area contributed by atoms with Gasteiger partial charge in [-0.15, -0.1) is 11.3 Å². The third-order valence-electron chi connectivity index (χ3n) is 2.41. The minimum Gasteiger partial charge on any atom is -0.386 e. The van der Waals surface area contributed by atoms with Gasteiger partial charge < -0.3 is 9.84 Å². The Morgan fingerprint density at radius 2 is 2.54 bits per heavy atom. The van der Waals surface area contributed by atoms with Crippen LogP contribution in [0.3, 0.4) is 0 Å². The first-order chi connectivity index (χ1) is 6.27. The Morgan fingerprint density at radius 1 is 1.69 bits per heavy atom. The van der Waals surface area contributed by atoms with Gasteiger partial charge in [0.1, 0.15) is 6.10 Å². The molecule has 0 radical (unpaired) electrons. The van der Waals surface area contributed by atoms with E-state index in [0.717, 1.165) is 25.0 Å². The Hall–Kier alpha value is -0.380. The molecule has 0 saturated carbocycles. The van der Waals surface area contributed by atoms with Crippen LogP contribution in [0.5, 0.6) is 0 Å². The zero-order chi connectivity index (χ0) is 9.26. The number of aliphatic hydroxyl groups excluding tert-OH is 1. The average molecular weight is 198 g/mol. The summed E-state index contributed by atoms with van der Waals surface area (Å²) in [4.78, 5) is 1.24. The van der Waals surface area contributed by atoms with Gasteiger partial charge in [0.25, 0.3) is 0 Å². The molecule has 13 heavy (non-hydrogen) atoms. The number of hydrogen-bond donors (Lipinski definition) is 1. The summed E-state index contributed by atoms with van der Waals surface area (Å²) < 4.78 is 5.43. The highest BCUT2D eigenvalue weighted by Crippen LogP contribution is 2.29. The van der Waals surface area contributed by atoms with Gasteiger partial charge >= 0.3 is 0 Å². The lowest BCUT2D eigenvalue weighted by atomic mass is 10.1. The molecule has 0 bridgehead atoms. The molecule has 0 spiro atoms. The lowest BCUT2D eigenvalue weighted by Gasteiger charge is -2.15. The normalized spacial score (nSPS) is 24.9. The molecule has 1 aromatic rings. The van der Waals surface area contributed by atoms with E-state index in [-0.39, 0.29) is 6.10 Å². The summed E-state index contributed by atoms with van der Waals surface area (Å²) >= 11 is 1.68. The minimum atomic E-state index is -0.424. The van der Waals surface area contributed by atoms with E-state index in [9.17, 15) is 5.11 Å². The van der Waals surface area contributed by atoms with Crippen molar-refractivity contribution in [3.63, 3.8) is 0 Å². The lowest BCUT2D eigenvalue weighted by Crippen LogP contribution is -2.16. The van der Waals surface area contributed by atoms with E-state index in [2.05, 4.69) is 6.92 Å². The summed E-state index contributed by atoms with van der Waals surface area (Å²) in [5, 5.41) is 11.9. The largest absolute Gasteiger partial charge is 0.386 e. The highest BCUT2D eigenvalue weighted by atomic mass is 32.1. The number of hydrogen-bond acceptors (Lipinski definition) is 3. The monoisotopic (exact) mass is 198 g/mol. The quantitative estimate of drug-likeness (QED) is 0.790. The van der Waals surface area contributed by atoms with E-state index >= 15 is 0 Å². The van der Waals surface area contributed by atoms with Crippen LogP contribution in [0.4, 0.5) is 0 Å². The van der Waals surface area contributed by atoms with Gasteiger partial charge in [-0.05, 0) is 36.8 Å². The fourth-order valence-corrected chi connectivity index (χ4v) is 2.42. The molecular weight excluding hydrogens is 184 g/mol. The molecule has 3 heteroatoms. The minimum absolute atomic E-state index is 0.0222. The fourth-order valence-electron chi connectivity index (χ4n) is 1.69. The van der Waals surface area contributed by atoms with Crippen molar-refractivity contribution in [2.24, 2.45) is 0 Å². The van der Waals surface area contributed by atoms with Crippen molar-refractivity contribution in [2.45, 2.75) is 32.0 Å². The number of thiophene rings is 1. The van der Waals surface area contributed by atoms with Gasteiger partial charge in [0.05, 0.1) is 6.10 Å². The van der Waals surface area contributed by atoms with Crippen LogP contribution in [0.15, 0.2) is 11.4 Å². The van der Waals surface area contributed by atoms with Gasteiger partial charge in [0.15, 0.2) is 0 Å². The Kier molecular flexibility index (Phi) is 2.67. The molecule has 0 aliphatic carbocycles. The molecule has 1 fully saturated rings. The van der Waals surface area contributed by atoms with Crippen molar-refractivity contribution in [3.8, 4) is 0 Å². The van der Waals surface area contributed by atoms with Crippen LogP contribution < -0.4 is 0 Å². The smallest absolute Gasteiger partial charge is 0.106 e. The van der Waals surface area contributed by atoms with E-state index in [1.54, 1.807) is 11.3 Å². The molecule has 2 atom stereocenters. The molecule has 2 nitrogen and oxygen atoms in total. The van der Waals surface area contributed by atoms with Gasteiger partial charge in [-0.2, -0.15) is 0 Å². The summed E-state index contributed by atoms with van der Waals surface area (Å²) in [7, 11) is 0. The van der Waals surface area contributed by atoms with E-state index < -0.39 is 6.10 Å². The third kappa shape index (κ3) is 1.93. The second-order valence-electron chi connectivity index (χ2n) is 3.49. The topological polar surface area (TPSA) is 29.5 Å². The predicted octanol–water partition coefficient (Wildman–Crippen LogP) is 2.27. The van der Waals surface area contributed by atoms with Crippen LogP contribution in [-0.2, 0) is 4.74 Å². The third-order valence-corrected chi connectivity index (χ3v) is 3.29. The van der Waals surface area contributed by atoms with Crippen molar-refractivity contribution < 1.29 is 9.84 Å². The molecule has 1 aliphatic heterocycles. The van der Waals surface area contributed by atoms with Crippen molar-refractivity contribution in [2.75, 3.05) is 6.61 Å². The molecule has 1 N–H and O–H groups in total. The molecule has 1 aromatic heterocycles. The van der Waals surface area contributed by atoms with Crippen LogP contribution in [0.1, 0.15) is 29.4 Å². The summed E-state index contributed by atoms with van der Waals surface area (Å²) in [5.41, 5.74) is 1.01. The van der Waals surface area contributed by atoms with Gasteiger partial charge in [0, 0.05) is 11.5 Å². The molecule has 1 aliphatic rings. The van der Waals surface area contributed by atoms with E-state index in [1.165, 1.54) is 4.88 Å². The van der Waals surface area contributed by atoms with E-state index in [0.29, 0.717) is 0 Å². The Labute approximate surface area is 82.2 Å². The predicted molar refractivity (Wildman–Crippen MR) is 53.0 cm³/mol. The Morgan fingerprint density at radius 3 is 3.08 bits per heavy atom. The zero-order valence-electron chi connectivity index (χ0n) is 7.69. The molecule has 2 rings (SSSR count). The number of aryl methyl sites for hydroxylation is 1. The van der Waals surface area contributed by atoms with E-state index in [1.807, 2.05) is 11.4 Å². The van der Waals surface area contributed by atoms with Crippen molar-refractivity contribution >= 4 is 11.3 Å². The summed E-state index contributed by atoms with van der Waals surface area (Å²) in [6.45, 7) is 2.85. The van der Waals surface area contributed by atoms with Gasteiger partial charge in [0.2, 0.25) is 0 Å². The average Bonchev–Trinajstić information content (AvgIpc) is 2.72. The number of rotatable bonds is 2. The summed E-state index contributed by atoms with van der Waals surface area (Å²) in [6, 6.07) is 2.04. The van der Waals surface area contributed by atoms with Crippen molar-refractivity contribution in [1.29, 1.82) is 0 Å². The molecule has 0 aromatic carbocycles. The number of ether oxygens (including phenoxy) is 1. The molecule has 2 heterocycles. The highest BCUT2D eigenvalue weighted by molar-refractivity contribution is 7.10. The highest BCUT2D eigenvalue weighted by Gasteiger charge is 2.25. The maximum atomic E-state index is 9.92. The second kappa shape index (κ2) is 3.78. The van der Waals surface area contributed by atoms with Crippen LogP contribution >= 0.6 is 11.3 Å². The van der Waals surface area contributed by atoms with Gasteiger partial charge in [-0.1, -0.05) is 0 Å². The van der Waals surface area contributed by atoms with Crippen molar-refractivity contribution in [3.05, 3.63) is 21.9 Å². The number of aliphatic hydroxyl groups is 1. The van der Waals surface area contributed by atoms with Crippen LogP contribution in [-0.4, -0.2) is 17.8 Å². The maximum absolute atomic E-state index is 9.92. The molecular formula is C10H14O2S. The zero-order valence-corrected chi connectivity index (χ0v) is 8.51. The fraction of sp³-hybridized carbons (Fsp3) is 0.600. The summed E-state index contributed by atoms with van der Waals surface area (Å²) in [6.07, 6.45) is 1.66. The molecule has 1 saturated heterocycles. The van der Waals surface area contributed by atoms with Crippen LogP contribution in [0, 0.1) is 6.92 Å². The molecule has 72 valence electrons. The first-order valence-corrected chi connectivity index (χ1v) is 5.50. The molecule has 0 amide bonds. The SMILES string of the molecule is Cc1cc(C(O)C2CCCO2)cs1. The second-order valence-corrected chi connectivity index (χ2v) is 4.60. The van der Waals surface area contributed by atoms with Gasteiger partial charge in [-0.3, -0.25) is 0 Å². The van der Waals surface area contributed by atoms with E-state index in [4.69, 9.17) is 4.74 Å². The molecule has 2 unspecified atom stereocenters. The van der Waals surface area contributed by atoms with Crippen molar-refractivity contribution in [1.82, 2.24) is 0 Å². The Balaban J connectivity index is 2.07. The first kappa shape index (κ1) is 9.19. The standard InChI is InChI=1S/C10H14O2S/c1-7-5-8(6-13-7)10(11)9-3-2-4-12-9/h5-6,9-11H,2-4H2,1H3. The van der Waals surface area contributed by atoms with Crippen LogP contribution in [0.25, 0.3) is 0 Å². The Bertz CT molecular complexity index is 276.